The zero-order valence-electron chi connectivity index (χ0n) is 38.0. The van der Waals surface area contributed by atoms with Crippen LogP contribution in [0.5, 0.6) is 11.5 Å². The number of amides is 2. The number of nitrogens with zero attached hydrogens (tertiary/aromatic N) is 1. The summed E-state index contributed by atoms with van der Waals surface area (Å²) < 4.78 is 42.8. The molecule has 0 aliphatic carbocycles. The summed E-state index contributed by atoms with van der Waals surface area (Å²) in [6, 6.07) is 10.4. The van der Waals surface area contributed by atoms with Gasteiger partial charge in [-0.2, -0.15) is 0 Å². The summed E-state index contributed by atoms with van der Waals surface area (Å²) in [5, 5.41) is 0.771. The Morgan fingerprint density at radius 2 is 0.983 bits per heavy atom. The fourth-order valence-electron chi connectivity index (χ4n) is 9.28. The van der Waals surface area contributed by atoms with Gasteiger partial charge in [0.05, 0.1) is 29.2 Å². The minimum absolute atomic E-state index is 0.0388. The second-order valence-corrected chi connectivity index (χ2v) is 19.7. The monoisotopic (exact) mass is 844 g/mol. The Bertz CT molecular complexity index is 1930. The van der Waals surface area contributed by atoms with E-state index in [4.69, 9.17) is 9.47 Å². The summed E-state index contributed by atoms with van der Waals surface area (Å²) in [4.78, 5) is 30.7. The third kappa shape index (κ3) is 11.7. The molecule has 3 aromatic rings. The van der Waals surface area contributed by atoms with E-state index in [0.717, 1.165) is 70.6 Å². The normalized spacial score (nSPS) is 15.1. The van der Waals surface area contributed by atoms with Crippen LogP contribution >= 0.6 is 0 Å². The molecule has 2 aliphatic heterocycles. The number of hydrogen-bond acceptors (Lipinski definition) is 6. The van der Waals surface area contributed by atoms with Crippen LogP contribution in [0.2, 0.25) is 0 Å². The fraction of sp³-hybridized carbons (Fsp3) is 0.654. The maximum Gasteiger partial charge on any atom is 0.261 e. The lowest BCUT2D eigenvalue weighted by atomic mass is 9.87. The van der Waals surface area contributed by atoms with Crippen LogP contribution in [0, 0.1) is 11.8 Å². The van der Waals surface area contributed by atoms with Gasteiger partial charge in [0.2, 0.25) is 9.84 Å². The highest BCUT2D eigenvalue weighted by atomic mass is 32.2. The molecular weight excluding hydrogens is 767 g/mol. The molecule has 3 aromatic carbocycles. The summed E-state index contributed by atoms with van der Waals surface area (Å²) in [6.45, 7) is 12.0. The van der Waals surface area contributed by atoms with E-state index < -0.39 is 9.84 Å². The second-order valence-electron chi connectivity index (χ2n) is 17.8. The first-order valence-corrected chi connectivity index (χ1v) is 25.8. The van der Waals surface area contributed by atoms with Crippen molar-refractivity contribution in [3.05, 3.63) is 47.5 Å². The van der Waals surface area contributed by atoms with Gasteiger partial charge in [-0.05, 0) is 49.3 Å². The Morgan fingerprint density at radius 1 is 0.533 bits per heavy atom. The van der Waals surface area contributed by atoms with Crippen LogP contribution in [-0.4, -0.2) is 44.9 Å². The smallest absolute Gasteiger partial charge is 0.261 e. The van der Waals surface area contributed by atoms with E-state index in [1.165, 1.54) is 88.4 Å². The molecule has 8 heteroatoms. The molecule has 7 nitrogen and oxygen atoms in total. The van der Waals surface area contributed by atoms with Gasteiger partial charge in [0.15, 0.2) is 0 Å². The van der Waals surface area contributed by atoms with Gasteiger partial charge in [-0.3, -0.25) is 14.5 Å². The zero-order valence-corrected chi connectivity index (χ0v) is 38.8. The summed E-state index contributed by atoms with van der Waals surface area (Å²) >= 11 is 0. The van der Waals surface area contributed by atoms with E-state index in [2.05, 4.69) is 34.6 Å². The third-order valence-corrected chi connectivity index (χ3v) is 15.1. The molecule has 0 bridgehead atoms. The number of ether oxygens (including phenoxy) is 2. The van der Waals surface area contributed by atoms with Crippen LogP contribution in [0.4, 0.5) is 0 Å². The minimum Gasteiger partial charge on any atom is -0.493 e. The van der Waals surface area contributed by atoms with Crippen LogP contribution in [0.25, 0.3) is 21.9 Å². The van der Waals surface area contributed by atoms with Crippen molar-refractivity contribution < 1.29 is 27.5 Å². The van der Waals surface area contributed by atoms with Gasteiger partial charge >= 0.3 is 0 Å². The van der Waals surface area contributed by atoms with E-state index >= 15 is 0 Å². The van der Waals surface area contributed by atoms with Crippen molar-refractivity contribution in [3.8, 4) is 22.6 Å². The van der Waals surface area contributed by atoms with Crippen LogP contribution in [0.3, 0.4) is 0 Å². The third-order valence-electron chi connectivity index (χ3n) is 13.2. The first-order valence-electron chi connectivity index (χ1n) is 24.4. The van der Waals surface area contributed by atoms with Gasteiger partial charge in [0, 0.05) is 28.4 Å². The number of unbranched alkanes of at least 4 members (excludes halogenated alkanes) is 17. The highest BCUT2D eigenvalue weighted by Crippen LogP contribution is 2.54. The molecule has 0 fully saturated rings. The van der Waals surface area contributed by atoms with Gasteiger partial charge in [-0.1, -0.05) is 188 Å². The van der Waals surface area contributed by atoms with Crippen molar-refractivity contribution in [1.82, 2.24) is 4.90 Å². The summed E-state index contributed by atoms with van der Waals surface area (Å²) in [5.41, 5.74) is 1.80. The molecule has 2 unspecified atom stereocenters. The minimum atomic E-state index is -4.10. The van der Waals surface area contributed by atoms with Gasteiger partial charge in [-0.25, -0.2) is 8.42 Å². The molecule has 0 saturated heterocycles. The maximum atomic E-state index is 14.8. The molecule has 5 rings (SSSR count). The number of hydrogen-bond donors (Lipinski definition) is 0. The number of imide groups is 1. The Hall–Kier alpha value is -3.39. The molecule has 2 aliphatic rings. The molecule has 2 atom stereocenters. The standard InChI is InChI=1S/C52H77NO6S/c1-6-11-14-15-16-17-18-19-20-21-22-23-24-25-26-29-34-53-51(54)42-35-44(58-37-39(9-4)30-12-7-2)48-41-32-27-28-33-46(41)60(56,57)50-45(59-38-40(10-5)31-13-8-3)36-43(52(53)55)47(42)49(48)50/h27-28,32-33,35-36,39-40H,6-26,29-31,34,37-38H2,1-5H3. The van der Waals surface area contributed by atoms with Crippen molar-refractivity contribution in [1.29, 1.82) is 0 Å². The molecule has 60 heavy (non-hydrogen) atoms. The molecule has 0 spiro atoms. The first kappa shape index (κ1) is 47.7. The highest BCUT2D eigenvalue weighted by molar-refractivity contribution is 7.92. The average Bonchev–Trinajstić information content (AvgIpc) is 3.25. The van der Waals surface area contributed by atoms with E-state index in [1.807, 2.05) is 12.1 Å². The SMILES string of the molecule is CCCCCCCCCCCCCCCCCCN1C(=O)c2cc(OCC(CC)CCCC)c3c4c(c(OCC(CC)CCCC)cc(c24)C1=O)S(=O)(=O)c1ccccc1-3. The van der Waals surface area contributed by atoms with Gasteiger partial charge < -0.3 is 9.47 Å². The van der Waals surface area contributed by atoms with E-state index in [1.54, 1.807) is 24.3 Å². The number of sulfone groups is 1. The van der Waals surface area contributed by atoms with E-state index in [0.29, 0.717) is 64.5 Å². The van der Waals surface area contributed by atoms with Crippen LogP contribution < -0.4 is 9.47 Å². The Labute approximate surface area is 363 Å². The summed E-state index contributed by atoms with van der Waals surface area (Å²) in [6.07, 6.45) is 28.2. The van der Waals surface area contributed by atoms with Gasteiger partial charge in [0.1, 0.15) is 16.4 Å². The van der Waals surface area contributed by atoms with Gasteiger partial charge in [-0.15, -0.1) is 0 Å². The summed E-state index contributed by atoms with van der Waals surface area (Å²) in [5.74, 6) is 0.456. The number of carbonyl (C=O) groups is 2. The summed E-state index contributed by atoms with van der Waals surface area (Å²) in [7, 11) is -4.10. The lowest BCUT2D eigenvalue weighted by molar-refractivity contribution is 0.0606. The van der Waals surface area contributed by atoms with Crippen molar-refractivity contribution in [2.45, 2.75) is 199 Å². The Balaban J connectivity index is 1.38. The molecule has 0 radical (unpaired) electrons. The van der Waals surface area contributed by atoms with Crippen molar-refractivity contribution in [3.63, 3.8) is 0 Å². The number of fused-ring (bicyclic) bond motifs is 2. The van der Waals surface area contributed by atoms with Crippen LogP contribution in [-0.2, 0) is 9.84 Å². The molecule has 332 valence electrons. The number of carbonyl (C=O) groups excluding carboxylic acids is 2. The number of rotatable bonds is 31. The number of benzene rings is 3. The molecule has 2 amide bonds. The molecule has 0 N–H and O–H groups in total. The predicted molar refractivity (Wildman–Crippen MR) is 247 cm³/mol. The lowest BCUT2D eigenvalue weighted by Gasteiger charge is -2.32. The van der Waals surface area contributed by atoms with E-state index in [9.17, 15) is 18.0 Å². The zero-order chi connectivity index (χ0) is 42.9. The fourth-order valence-corrected chi connectivity index (χ4v) is 11.1. The van der Waals surface area contributed by atoms with E-state index in [-0.39, 0.29) is 33.3 Å². The first-order chi connectivity index (χ1) is 29.2. The van der Waals surface area contributed by atoms with Crippen LogP contribution in [0.1, 0.15) is 209 Å². The van der Waals surface area contributed by atoms with Crippen molar-refractivity contribution >= 4 is 32.4 Å². The van der Waals surface area contributed by atoms with Crippen molar-refractivity contribution in [2.24, 2.45) is 11.8 Å². The predicted octanol–water partition coefficient (Wildman–Crippen LogP) is 14.7. The largest absolute Gasteiger partial charge is 0.493 e. The second kappa shape index (κ2) is 24.3. The molecular formula is C52H77NO6S. The molecule has 0 aromatic heterocycles. The Morgan fingerprint density at radius 3 is 1.48 bits per heavy atom. The topological polar surface area (TPSA) is 90.0 Å². The molecule has 2 heterocycles. The lowest BCUT2D eigenvalue weighted by Crippen LogP contribution is -2.41. The maximum absolute atomic E-state index is 14.8. The quantitative estimate of drug-likeness (QED) is 0.0370. The highest BCUT2D eigenvalue weighted by Gasteiger charge is 2.42. The van der Waals surface area contributed by atoms with Crippen molar-refractivity contribution in [2.75, 3.05) is 19.8 Å². The average molecular weight is 844 g/mol. The van der Waals surface area contributed by atoms with Crippen LogP contribution in [0.15, 0.2) is 46.2 Å². The Kier molecular flexibility index (Phi) is 19.3. The van der Waals surface area contributed by atoms with Gasteiger partial charge in [0.25, 0.3) is 11.8 Å². The molecule has 0 saturated carbocycles.